The van der Waals surface area contributed by atoms with E-state index in [1.807, 2.05) is 6.92 Å². The standard InChI is InChI=1S/C17H16BrN3O6/c1-3-27-15-7-10(6-13(18)16(15)26-2)9-19-20-17(23)12-8-11(21(24)25)4-5-14(12)22/h4-9,22H,3H2,1-2H3,(H,20,23)/b19-9+. The third-order valence-corrected chi connectivity index (χ3v) is 3.94. The first-order valence-electron chi connectivity index (χ1n) is 7.68. The van der Waals surface area contributed by atoms with Gasteiger partial charge in [0.15, 0.2) is 11.5 Å². The number of non-ortho nitro benzene ring substituents is 1. The van der Waals surface area contributed by atoms with E-state index in [-0.39, 0.29) is 17.0 Å². The fourth-order valence-corrected chi connectivity index (χ4v) is 2.79. The molecule has 0 bridgehead atoms. The van der Waals surface area contributed by atoms with Gasteiger partial charge in [0.2, 0.25) is 0 Å². The summed E-state index contributed by atoms with van der Waals surface area (Å²) in [6.07, 6.45) is 1.36. The molecule has 0 heterocycles. The number of phenolic OH excluding ortho intramolecular Hbond substituents is 1. The molecule has 1 amide bonds. The van der Waals surface area contributed by atoms with Crippen molar-refractivity contribution in [3.05, 3.63) is 56.0 Å². The van der Waals surface area contributed by atoms with Gasteiger partial charge in [-0.2, -0.15) is 5.10 Å². The SMILES string of the molecule is CCOc1cc(/C=N/NC(=O)c2cc([N+](=O)[O-])ccc2O)cc(Br)c1OC. The molecule has 10 heteroatoms. The lowest BCUT2D eigenvalue weighted by molar-refractivity contribution is -0.384. The molecule has 0 saturated carbocycles. The van der Waals surface area contributed by atoms with Crippen LogP contribution in [0, 0.1) is 10.1 Å². The Morgan fingerprint density at radius 1 is 1.41 bits per heavy atom. The Kier molecular flexibility index (Phi) is 6.72. The summed E-state index contributed by atoms with van der Waals surface area (Å²) in [7, 11) is 1.52. The van der Waals surface area contributed by atoms with E-state index in [0.29, 0.717) is 28.1 Å². The molecule has 0 radical (unpaired) electrons. The Bertz CT molecular complexity index is 900. The van der Waals surface area contributed by atoms with Gasteiger partial charge in [-0.3, -0.25) is 14.9 Å². The molecule has 2 rings (SSSR count). The third kappa shape index (κ3) is 4.94. The second kappa shape index (κ2) is 8.99. The van der Waals surface area contributed by atoms with Crippen LogP contribution in [0.2, 0.25) is 0 Å². The van der Waals surface area contributed by atoms with E-state index >= 15 is 0 Å². The van der Waals surface area contributed by atoms with Crippen LogP contribution in [0.25, 0.3) is 0 Å². The van der Waals surface area contributed by atoms with Crippen LogP contribution in [-0.4, -0.2) is 35.9 Å². The zero-order valence-corrected chi connectivity index (χ0v) is 16.0. The number of benzene rings is 2. The molecular weight excluding hydrogens is 422 g/mol. The van der Waals surface area contributed by atoms with Crippen LogP contribution in [0.5, 0.6) is 17.2 Å². The number of hydrogen-bond donors (Lipinski definition) is 2. The summed E-state index contributed by atoms with van der Waals surface area (Å²) in [4.78, 5) is 22.2. The molecule has 0 spiro atoms. The third-order valence-electron chi connectivity index (χ3n) is 3.35. The molecule has 0 saturated heterocycles. The highest BCUT2D eigenvalue weighted by Gasteiger charge is 2.16. The van der Waals surface area contributed by atoms with Crippen LogP contribution in [0.1, 0.15) is 22.8 Å². The maximum Gasteiger partial charge on any atom is 0.275 e. The molecule has 2 aromatic carbocycles. The largest absolute Gasteiger partial charge is 0.507 e. The lowest BCUT2D eigenvalue weighted by Crippen LogP contribution is -2.18. The molecular formula is C17H16BrN3O6. The van der Waals surface area contributed by atoms with Crippen molar-refractivity contribution in [3.8, 4) is 17.2 Å². The average Bonchev–Trinajstić information content (AvgIpc) is 2.62. The van der Waals surface area contributed by atoms with Crippen LogP contribution >= 0.6 is 15.9 Å². The van der Waals surface area contributed by atoms with Gasteiger partial charge >= 0.3 is 0 Å². The molecule has 0 aliphatic rings. The van der Waals surface area contributed by atoms with Crippen molar-refractivity contribution in [3.63, 3.8) is 0 Å². The maximum atomic E-state index is 12.1. The van der Waals surface area contributed by atoms with Crippen LogP contribution in [0.3, 0.4) is 0 Å². The molecule has 0 fully saturated rings. The lowest BCUT2D eigenvalue weighted by Gasteiger charge is -2.11. The first-order chi connectivity index (χ1) is 12.9. The van der Waals surface area contributed by atoms with Crippen molar-refractivity contribution >= 4 is 33.7 Å². The minimum Gasteiger partial charge on any atom is -0.507 e. The summed E-state index contributed by atoms with van der Waals surface area (Å²) in [5, 5.41) is 24.3. The molecule has 142 valence electrons. The van der Waals surface area contributed by atoms with Crippen molar-refractivity contribution < 1.29 is 24.3 Å². The molecule has 0 aliphatic heterocycles. The average molecular weight is 438 g/mol. The molecule has 0 aliphatic carbocycles. The van der Waals surface area contributed by atoms with Gasteiger partial charge in [0.05, 0.1) is 34.9 Å². The van der Waals surface area contributed by atoms with E-state index in [1.165, 1.54) is 13.3 Å². The minimum atomic E-state index is -0.787. The summed E-state index contributed by atoms with van der Waals surface area (Å²) in [6.45, 7) is 2.27. The van der Waals surface area contributed by atoms with E-state index in [9.17, 15) is 20.0 Å². The molecule has 2 N–H and O–H groups in total. The number of nitrogens with one attached hydrogen (secondary N) is 1. The predicted molar refractivity (Wildman–Crippen MR) is 102 cm³/mol. The van der Waals surface area contributed by atoms with Gasteiger partial charge in [-0.15, -0.1) is 0 Å². The van der Waals surface area contributed by atoms with Crippen LogP contribution in [0.4, 0.5) is 5.69 Å². The highest BCUT2D eigenvalue weighted by atomic mass is 79.9. The number of hydrogen-bond acceptors (Lipinski definition) is 7. The van der Waals surface area contributed by atoms with Gasteiger partial charge in [-0.1, -0.05) is 0 Å². The van der Waals surface area contributed by atoms with Gasteiger partial charge in [-0.25, -0.2) is 5.43 Å². The molecule has 9 nitrogen and oxygen atoms in total. The Labute approximate surface area is 162 Å². The Balaban J connectivity index is 2.19. The quantitative estimate of drug-likeness (QED) is 0.389. The number of ether oxygens (including phenoxy) is 2. The maximum absolute atomic E-state index is 12.1. The van der Waals surface area contributed by atoms with E-state index in [2.05, 4.69) is 26.5 Å². The molecule has 27 heavy (non-hydrogen) atoms. The number of carbonyl (C=O) groups excluding carboxylic acids is 1. The minimum absolute atomic E-state index is 0.257. The summed E-state index contributed by atoms with van der Waals surface area (Å²) in [5.41, 5.74) is 2.25. The fraction of sp³-hybridized carbons (Fsp3) is 0.176. The fourth-order valence-electron chi connectivity index (χ4n) is 2.17. The smallest absolute Gasteiger partial charge is 0.275 e. The number of phenols is 1. The molecule has 0 atom stereocenters. The number of hydrazone groups is 1. The Hall–Kier alpha value is -3.14. The van der Waals surface area contributed by atoms with Gasteiger partial charge in [-0.05, 0) is 46.6 Å². The van der Waals surface area contributed by atoms with Gasteiger partial charge in [0.25, 0.3) is 11.6 Å². The highest BCUT2D eigenvalue weighted by Crippen LogP contribution is 2.36. The Morgan fingerprint density at radius 2 is 2.15 bits per heavy atom. The number of methoxy groups -OCH3 is 1. The van der Waals surface area contributed by atoms with Crippen molar-refractivity contribution in [1.82, 2.24) is 5.43 Å². The monoisotopic (exact) mass is 437 g/mol. The number of carbonyl (C=O) groups is 1. The highest BCUT2D eigenvalue weighted by molar-refractivity contribution is 9.10. The summed E-state index contributed by atoms with van der Waals surface area (Å²) >= 11 is 3.37. The number of nitro benzene ring substituents is 1. The zero-order valence-electron chi connectivity index (χ0n) is 14.4. The number of rotatable bonds is 7. The predicted octanol–water partition coefficient (Wildman–Crippen LogP) is 3.23. The molecule has 0 aromatic heterocycles. The zero-order chi connectivity index (χ0) is 20.0. The van der Waals surface area contributed by atoms with Crippen molar-refractivity contribution in [1.29, 1.82) is 0 Å². The first-order valence-corrected chi connectivity index (χ1v) is 8.47. The molecule has 0 unspecified atom stereocenters. The lowest BCUT2D eigenvalue weighted by atomic mass is 10.1. The Morgan fingerprint density at radius 3 is 2.78 bits per heavy atom. The number of aromatic hydroxyl groups is 1. The van der Waals surface area contributed by atoms with Gasteiger partial charge in [0.1, 0.15) is 5.75 Å². The van der Waals surface area contributed by atoms with Crippen molar-refractivity contribution in [2.45, 2.75) is 6.92 Å². The van der Waals surface area contributed by atoms with Gasteiger partial charge < -0.3 is 14.6 Å². The van der Waals surface area contributed by atoms with Crippen LogP contribution < -0.4 is 14.9 Å². The van der Waals surface area contributed by atoms with Crippen LogP contribution in [-0.2, 0) is 0 Å². The second-order valence-corrected chi connectivity index (χ2v) is 5.98. The molecule has 2 aromatic rings. The number of nitro groups is 1. The van der Waals surface area contributed by atoms with E-state index < -0.39 is 10.8 Å². The van der Waals surface area contributed by atoms with Crippen molar-refractivity contribution in [2.24, 2.45) is 5.10 Å². The summed E-state index contributed by atoms with van der Waals surface area (Å²) in [5.74, 6) is -0.151. The van der Waals surface area contributed by atoms with E-state index in [0.717, 1.165) is 18.2 Å². The number of nitrogens with zero attached hydrogens (tertiary/aromatic N) is 2. The topological polar surface area (TPSA) is 123 Å². The summed E-state index contributed by atoms with van der Waals surface area (Å²) in [6, 6.07) is 6.53. The number of halogens is 1. The van der Waals surface area contributed by atoms with E-state index in [1.54, 1.807) is 12.1 Å². The first kappa shape index (κ1) is 20.2. The van der Waals surface area contributed by atoms with Crippen molar-refractivity contribution in [2.75, 3.05) is 13.7 Å². The van der Waals surface area contributed by atoms with Gasteiger partial charge in [0, 0.05) is 12.1 Å². The van der Waals surface area contributed by atoms with E-state index in [4.69, 9.17) is 9.47 Å². The summed E-state index contributed by atoms with van der Waals surface area (Å²) < 4.78 is 11.4. The van der Waals surface area contributed by atoms with Crippen LogP contribution in [0.15, 0.2) is 39.9 Å². The number of amides is 1. The normalized spacial score (nSPS) is 10.6. The second-order valence-electron chi connectivity index (χ2n) is 5.12.